The molecule has 0 amide bonds. The van der Waals surface area contributed by atoms with Crippen molar-refractivity contribution in [3.05, 3.63) is 59.7 Å². The van der Waals surface area contributed by atoms with Gasteiger partial charge in [0.1, 0.15) is 17.6 Å². The second-order valence-corrected chi connectivity index (χ2v) is 13.1. The van der Waals surface area contributed by atoms with Gasteiger partial charge in [-0.05, 0) is 69.4 Å². The molecule has 36 heavy (non-hydrogen) atoms. The Morgan fingerprint density at radius 3 is 2.61 bits per heavy atom. The maximum absolute atomic E-state index is 12.5. The first-order valence-corrected chi connectivity index (χ1v) is 14.4. The van der Waals surface area contributed by atoms with Crippen molar-refractivity contribution >= 4 is 21.3 Å². The smallest absolute Gasteiger partial charge is 0.210 e. The van der Waals surface area contributed by atoms with Crippen molar-refractivity contribution in [1.82, 2.24) is 4.31 Å². The first-order chi connectivity index (χ1) is 17.0. The predicted octanol–water partition coefficient (Wildman–Crippen LogP) is 6.02. The van der Waals surface area contributed by atoms with Crippen molar-refractivity contribution in [3.8, 4) is 22.6 Å². The van der Waals surface area contributed by atoms with E-state index >= 15 is 0 Å². The normalized spacial score (nSPS) is 24.1. The molecule has 1 N–H and O–H groups in total. The largest absolute Gasteiger partial charge is 0.496 e. The summed E-state index contributed by atoms with van der Waals surface area (Å²) in [6.45, 7) is 6.87. The minimum atomic E-state index is -3.36. The summed E-state index contributed by atoms with van der Waals surface area (Å²) in [4.78, 5) is 0. The Hall–Kier alpha value is -2.77. The number of hydrogen-bond acceptors (Lipinski definition) is 5. The van der Waals surface area contributed by atoms with E-state index in [0.717, 1.165) is 58.7 Å². The van der Waals surface area contributed by atoms with Gasteiger partial charge in [0.15, 0.2) is 0 Å². The Morgan fingerprint density at radius 2 is 1.94 bits per heavy atom. The van der Waals surface area contributed by atoms with Crippen LogP contribution in [0.15, 0.2) is 48.6 Å². The number of nitrogens with zero attached hydrogens (tertiary/aromatic N) is 1. The molecular weight excluding hydrogens is 472 g/mol. The molecule has 7 heteroatoms. The number of fused-ring (bicyclic) bond motifs is 5. The second-order valence-electron chi connectivity index (χ2n) is 11.1. The molecule has 2 aliphatic heterocycles. The van der Waals surface area contributed by atoms with Gasteiger partial charge in [-0.2, -0.15) is 0 Å². The van der Waals surface area contributed by atoms with Gasteiger partial charge >= 0.3 is 0 Å². The van der Waals surface area contributed by atoms with Crippen molar-refractivity contribution in [3.63, 3.8) is 0 Å². The number of rotatable bonds is 5. The van der Waals surface area contributed by atoms with Crippen LogP contribution in [-0.2, 0) is 10.0 Å². The van der Waals surface area contributed by atoms with Gasteiger partial charge in [0.25, 0.3) is 0 Å². The lowest BCUT2D eigenvalue weighted by molar-refractivity contribution is 0.0222. The Bertz CT molecular complexity index is 1380. The summed E-state index contributed by atoms with van der Waals surface area (Å²) < 4.78 is 39.3. The van der Waals surface area contributed by atoms with E-state index < -0.39 is 15.4 Å². The summed E-state index contributed by atoms with van der Waals surface area (Å²) in [7, 11) is -0.00466. The Kier molecular flexibility index (Phi) is 5.99. The van der Waals surface area contributed by atoms with Crippen LogP contribution in [0.4, 0.5) is 5.69 Å². The summed E-state index contributed by atoms with van der Waals surface area (Å²) >= 11 is 0. The molecule has 192 valence electrons. The van der Waals surface area contributed by atoms with E-state index in [1.54, 1.807) is 14.2 Å². The third kappa shape index (κ3) is 4.12. The fourth-order valence-electron chi connectivity index (χ4n) is 6.23. The molecule has 1 aliphatic carbocycles. The first kappa shape index (κ1) is 24.9. The molecular formula is C29H36N2O4S. The van der Waals surface area contributed by atoms with Gasteiger partial charge in [0, 0.05) is 35.8 Å². The third-order valence-corrected chi connectivity index (χ3v) is 9.08. The van der Waals surface area contributed by atoms with Gasteiger partial charge in [-0.15, -0.1) is 0 Å². The van der Waals surface area contributed by atoms with Crippen molar-refractivity contribution in [2.45, 2.75) is 51.7 Å². The van der Waals surface area contributed by atoms with Gasteiger partial charge in [-0.3, -0.25) is 0 Å². The van der Waals surface area contributed by atoms with E-state index in [1.165, 1.54) is 16.1 Å². The fraction of sp³-hybridized carbons (Fsp3) is 0.448. The van der Waals surface area contributed by atoms with E-state index in [-0.39, 0.29) is 11.6 Å². The van der Waals surface area contributed by atoms with E-state index in [0.29, 0.717) is 6.54 Å². The fourth-order valence-corrected chi connectivity index (χ4v) is 6.72. The molecule has 2 unspecified atom stereocenters. The summed E-state index contributed by atoms with van der Waals surface area (Å²) in [6, 6.07) is 10.2. The molecule has 0 radical (unpaired) electrons. The molecule has 0 spiro atoms. The maximum atomic E-state index is 12.5. The van der Waals surface area contributed by atoms with Crippen LogP contribution in [0.1, 0.15) is 57.3 Å². The minimum absolute atomic E-state index is 0.173. The van der Waals surface area contributed by atoms with E-state index in [2.05, 4.69) is 56.4 Å². The lowest BCUT2D eigenvalue weighted by Gasteiger charge is -2.47. The van der Waals surface area contributed by atoms with Crippen LogP contribution in [0.25, 0.3) is 16.7 Å². The van der Waals surface area contributed by atoms with E-state index in [9.17, 15) is 8.42 Å². The predicted molar refractivity (Wildman–Crippen MR) is 146 cm³/mol. The van der Waals surface area contributed by atoms with Crippen LogP contribution in [-0.4, -0.2) is 45.2 Å². The SMILES string of the molecule is COc1cccc2c1-c1ccc3c(c1C(C1(CN(C)S(C)(=O)=O)CC=CCC1)O2)C(C)=CC(C)(C)N3. The number of nitrogens with one attached hydrogen (secondary N) is 1. The number of benzene rings is 2. The molecule has 2 heterocycles. The van der Waals surface area contributed by atoms with Gasteiger partial charge in [0.2, 0.25) is 10.0 Å². The average Bonchev–Trinajstić information content (AvgIpc) is 2.81. The highest BCUT2D eigenvalue weighted by Crippen LogP contribution is 2.58. The van der Waals surface area contributed by atoms with Crippen molar-refractivity contribution < 1.29 is 17.9 Å². The summed E-state index contributed by atoms with van der Waals surface area (Å²) in [6.07, 6.45) is 10.0. The van der Waals surface area contributed by atoms with E-state index in [4.69, 9.17) is 9.47 Å². The van der Waals surface area contributed by atoms with Crippen LogP contribution in [0.5, 0.6) is 11.5 Å². The maximum Gasteiger partial charge on any atom is 0.210 e. The van der Waals surface area contributed by atoms with Crippen LogP contribution in [0.2, 0.25) is 0 Å². The van der Waals surface area contributed by atoms with Crippen molar-refractivity contribution in [2.24, 2.45) is 5.41 Å². The van der Waals surface area contributed by atoms with Gasteiger partial charge in [-0.25, -0.2) is 12.7 Å². The molecule has 0 saturated carbocycles. The second kappa shape index (κ2) is 8.67. The van der Waals surface area contributed by atoms with Crippen molar-refractivity contribution in [1.29, 1.82) is 0 Å². The van der Waals surface area contributed by atoms with Gasteiger partial charge in [0.05, 0.1) is 24.5 Å². The van der Waals surface area contributed by atoms with Crippen LogP contribution in [0, 0.1) is 5.41 Å². The van der Waals surface area contributed by atoms with Crippen molar-refractivity contribution in [2.75, 3.05) is 32.3 Å². The molecule has 0 aromatic heterocycles. The van der Waals surface area contributed by atoms with Crippen LogP contribution < -0.4 is 14.8 Å². The number of methoxy groups -OCH3 is 1. The molecule has 6 nitrogen and oxygen atoms in total. The minimum Gasteiger partial charge on any atom is -0.496 e. The highest BCUT2D eigenvalue weighted by Gasteiger charge is 2.48. The molecule has 3 aliphatic rings. The topological polar surface area (TPSA) is 67.9 Å². The Balaban J connectivity index is 1.79. The molecule has 5 rings (SSSR count). The zero-order chi connectivity index (χ0) is 25.9. The monoisotopic (exact) mass is 508 g/mol. The summed E-state index contributed by atoms with van der Waals surface area (Å²) in [5, 5.41) is 3.69. The molecule has 0 fully saturated rings. The number of allylic oxidation sites excluding steroid dienone is 3. The highest BCUT2D eigenvalue weighted by atomic mass is 32.2. The summed E-state index contributed by atoms with van der Waals surface area (Å²) in [5.74, 6) is 1.54. The highest BCUT2D eigenvalue weighted by molar-refractivity contribution is 7.88. The number of ether oxygens (including phenoxy) is 2. The quantitative estimate of drug-likeness (QED) is 0.500. The molecule has 2 aromatic rings. The molecule has 2 aromatic carbocycles. The zero-order valence-electron chi connectivity index (χ0n) is 22.0. The molecule has 0 bridgehead atoms. The van der Waals surface area contributed by atoms with Gasteiger partial charge in [-0.1, -0.05) is 30.4 Å². The van der Waals surface area contributed by atoms with Crippen LogP contribution >= 0.6 is 0 Å². The first-order valence-electron chi connectivity index (χ1n) is 12.5. The molecule has 2 atom stereocenters. The zero-order valence-corrected chi connectivity index (χ0v) is 22.8. The molecule has 0 saturated heterocycles. The Labute approximate surface area is 215 Å². The Morgan fingerprint density at radius 1 is 1.17 bits per heavy atom. The average molecular weight is 509 g/mol. The van der Waals surface area contributed by atoms with E-state index in [1.807, 2.05) is 18.2 Å². The summed E-state index contributed by atoms with van der Waals surface area (Å²) in [5.41, 5.74) is 5.95. The van der Waals surface area contributed by atoms with Gasteiger partial charge < -0.3 is 14.8 Å². The van der Waals surface area contributed by atoms with Crippen LogP contribution in [0.3, 0.4) is 0 Å². The lowest BCUT2D eigenvalue weighted by atomic mass is 9.67. The number of sulfonamides is 1. The number of anilines is 1. The standard InChI is InChI=1S/C29H36N2O4S/c1-19-17-28(2,3)30-21-14-13-20-25-22(34-5)11-10-12-23(25)35-27(26(20)24(19)21)29(15-8-7-9-16-29)18-31(4)36(6,32)33/h7-8,10-14,17,27,30H,9,15-16,18H2,1-6H3. The number of hydrogen-bond donors (Lipinski definition) is 1. The third-order valence-electron chi connectivity index (χ3n) is 7.82. The lowest BCUT2D eigenvalue weighted by Crippen LogP contribution is -2.45.